The minimum atomic E-state index is 0.0206. The molecule has 0 bridgehead atoms. The summed E-state index contributed by atoms with van der Waals surface area (Å²) >= 11 is 19.4. The number of benzene rings is 2. The van der Waals surface area contributed by atoms with Gasteiger partial charge in [0.25, 0.3) is 0 Å². The standard InChI is InChI=1S/C15H13Br2Cl2N/c1-2-20-15(11-5-3-9(16)7-13(11)17)12-6-4-10(18)8-14(12)19/h3-8,15,20H,2H2,1H3. The van der Waals surface area contributed by atoms with E-state index in [-0.39, 0.29) is 6.04 Å². The van der Waals surface area contributed by atoms with E-state index in [1.807, 2.05) is 24.3 Å². The summed E-state index contributed by atoms with van der Waals surface area (Å²) in [5.41, 5.74) is 2.15. The monoisotopic (exact) mass is 435 g/mol. The molecule has 0 aliphatic heterocycles. The second kappa shape index (κ2) is 7.28. The second-order valence-electron chi connectivity index (χ2n) is 4.32. The van der Waals surface area contributed by atoms with Crippen LogP contribution in [-0.4, -0.2) is 6.54 Å². The summed E-state index contributed by atoms with van der Waals surface area (Å²) in [7, 11) is 0. The zero-order valence-electron chi connectivity index (χ0n) is 10.8. The van der Waals surface area contributed by atoms with Crippen LogP contribution in [0.2, 0.25) is 10.0 Å². The van der Waals surface area contributed by atoms with E-state index in [0.717, 1.165) is 26.6 Å². The van der Waals surface area contributed by atoms with E-state index in [9.17, 15) is 0 Å². The summed E-state index contributed by atoms with van der Waals surface area (Å²) in [5, 5.41) is 4.77. The van der Waals surface area contributed by atoms with Gasteiger partial charge >= 0.3 is 0 Å². The second-order valence-corrected chi connectivity index (χ2v) is 6.94. The molecule has 20 heavy (non-hydrogen) atoms. The topological polar surface area (TPSA) is 12.0 Å². The van der Waals surface area contributed by atoms with Crippen molar-refractivity contribution in [1.82, 2.24) is 5.32 Å². The molecule has 0 saturated heterocycles. The van der Waals surface area contributed by atoms with Gasteiger partial charge in [-0.15, -0.1) is 0 Å². The SMILES string of the molecule is CCNC(c1ccc(Cl)cc1Cl)c1ccc(Br)cc1Br. The van der Waals surface area contributed by atoms with Crippen LogP contribution in [0.1, 0.15) is 24.1 Å². The Labute approximate surface area is 145 Å². The molecule has 2 aromatic rings. The van der Waals surface area contributed by atoms with Crippen LogP contribution in [-0.2, 0) is 0 Å². The van der Waals surface area contributed by atoms with Crippen LogP contribution in [0.4, 0.5) is 0 Å². The van der Waals surface area contributed by atoms with Gasteiger partial charge in [0.15, 0.2) is 0 Å². The predicted octanol–water partition coefficient (Wildman–Crippen LogP) is 6.22. The van der Waals surface area contributed by atoms with E-state index in [4.69, 9.17) is 23.2 Å². The van der Waals surface area contributed by atoms with E-state index in [1.54, 1.807) is 6.07 Å². The van der Waals surface area contributed by atoms with Crippen LogP contribution in [0.15, 0.2) is 45.3 Å². The predicted molar refractivity (Wildman–Crippen MR) is 93.8 cm³/mol. The lowest BCUT2D eigenvalue weighted by atomic mass is 9.98. The first-order chi connectivity index (χ1) is 9.52. The van der Waals surface area contributed by atoms with Gasteiger partial charge in [-0.25, -0.2) is 0 Å². The van der Waals surface area contributed by atoms with E-state index < -0.39 is 0 Å². The first-order valence-corrected chi connectivity index (χ1v) is 8.50. The molecule has 1 N–H and O–H groups in total. The zero-order valence-corrected chi connectivity index (χ0v) is 15.4. The molecule has 5 heteroatoms. The minimum Gasteiger partial charge on any atom is -0.306 e. The molecule has 0 spiro atoms. The van der Waals surface area contributed by atoms with Gasteiger partial charge in [-0.3, -0.25) is 0 Å². The summed E-state index contributed by atoms with van der Waals surface area (Å²) < 4.78 is 2.06. The van der Waals surface area contributed by atoms with Gasteiger partial charge < -0.3 is 5.32 Å². The van der Waals surface area contributed by atoms with Crippen molar-refractivity contribution >= 4 is 55.1 Å². The maximum absolute atomic E-state index is 6.34. The van der Waals surface area contributed by atoms with Gasteiger partial charge in [0.1, 0.15) is 0 Å². The molecule has 1 unspecified atom stereocenters. The Hall–Kier alpha value is -0.0600. The largest absolute Gasteiger partial charge is 0.306 e. The molecule has 2 rings (SSSR count). The third-order valence-corrected chi connectivity index (χ3v) is 4.70. The van der Waals surface area contributed by atoms with E-state index in [1.165, 1.54) is 0 Å². The first kappa shape index (κ1) is 16.3. The number of nitrogens with one attached hydrogen (secondary N) is 1. The highest BCUT2D eigenvalue weighted by atomic mass is 79.9. The molecule has 1 atom stereocenters. The van der Waals surface area contributed by atoms with Crippen LogP contribution in [0, 0.1) is 0 Å². The fourth-order valence-corrected chi connectivity index (χ4v) is 3.86. The molecule has 106 valence electrons. The van der Waals surface area contributed by atoms with Crippen LogP contribution in [0.5, 0.6) is 0 Å². The highest BCUT2D eigenvalue weighted by molar-refractivity contribution is 9.11. The zero-order chi connectivity index (χ0) is 14.7. The lowest BCUT2D eigenvalue weighted by Crippen LogP contribution is -2.22. The molecule has 1 nitrogen and oxygen atoms in total. The first-order valence-electron chi connectivity index (χ1n) is 6.16. The van der Waals surface area contributed by atoms with Gasteiger partial charge in [-0.05, 0) is 41.9 Å². The molecule has 0 saturated carbocycles. The summed E-state index contributed by atoms with van der Waals surface area (Å²) in [5.74, 6) is 0. The summed E-state index contributed by atoms with van der Waals surface area (Å²) in [6.45, 7) is 2.91. The van der Waals surface area contributed by atoms with Crippen molar-refractivity contribution in [2.45, 2.75) is 13.0 Å². The van der Waals surface area contributed by atoms with Crippen LogP contribution in [0.3, 0.4) is 0 Å². The van der Waals surface area contributed by atoms with Gasteiger partial charge in [0.2, 0.25) is 0 Å². The molecule has 0 aliphatic rings. The van der Waals surface area contributed by atoms with Gasteiger partial charge in [0.05, 0.1) is 6.04 Å². The lowest BCUT2D eigenvalue weighted by Gasteiger charge is -2.21. The Morgan fingerprint density at radius 1 is 1.05 bits per heavy atom. The van der Waals surface area contributed by atoms with Crippen molar-refractivity contribution in [1.29, 1.82) is 0 Å². The van der Waals surface area contributed by atoms with Crippen LogP contribution in [0.25, 0.3) is 0 Å². The molecule has 0 heterocycles. The van der Waals surface area contributed by atoms with Crippen molar-refractivity contribution in [3.05, 3.63) is 66.5 Å². The Kier molecular flexibility index (Phi) is 5.94. The molecule has 0 fully saturated rings. The molecular formula is C15H13Br2Cl2N. The van der Waals surface area contributed by atoms with Gasteiger partial charge in [0, 0.05) is 19.0 Å². The summed E-state index contributed by atoms with van der Waals surface area (Å²) in [4.78, 5) is 0. The maximum Gasteiger partial charge on any atom is 0.0602 e. The van der Waals surface area contributed by atoms with E-state index in [0.29, 0.717) is 10.0 Å². The number of hydrogen-bond donors (Lipinski definition) is 1. The minimum absolute atomic E-state index is 0.0206. The summed E-state index contributed by atoms with van der Waals surface area (Å²) in [6.07, 6.45) is 0. The van der Waals surface area contributed by atoms with E-state index >= 15 is 0 Å². The molecule has 0 aliphatic carbocycles. The van der Waals surface area contributed by atoms with Crippen molar-refractivity contribution in [3.8, 4) is 0 Å². The fourth-order valence-electron chi connectivity index (χ4n) is 2.06. The van der Waals surface area contributed by atoms with Gasteiger partial charge in [-0.1, -0.05) is 74.1 Å². The quantitative estimate of drug-likeness (QED) is 0.598. The number of hydrogen-bond acceptors (Lipinski definition) is 1. The van der Waals surface area contributed by atoms with E-state index in [2.05, 4.69) is 50.2 Å². The summed E-state index contributed by atoms with van der Waals surface area (Å²) in [6, 6.07) is 11.7. The third kappa shape index (κ3) is 3.77. The van der Waals surface area contributed by atoms with Crippen molar-refractivity contribution in [2.24, 2.45) is 0 Å². The van der Waals surface area contributed by atoms with Crippen molar-refractivity contribution < 1.29 is 0 Å². The molecule has 0 radical (unpaired) electrons. The molecular weight excluding hydrogens is 425 g/mol. The molecule has 2 aromatic carbocycles. The lowest BCUT2D eigenvalue weighted by molar-refractivity contribution is 0.628. The highest BCUT2D eigenvalue weighted by Gasteiger charge is 2.18. The third-order valence-electron chi connectivity index (χ3n) is 2.96. The number of halogens is 4. The van der Waals surface area contributed by atoms with Crippen LogP contribution < -0.4 is 5.32 Å². The Balaban J connectivity index is 2.50. The normalized spacial score (nSPS) is 12.4. The smallest absolute Gasteiger partial charge is 0.0602 e. The average molecular weight is 438 g/mol. The number of rotatable bonds is 4. The molecule has 0 aromatic heterocycles. The highest BCUT2D eigenvalue weighted by Crippen LogP contribution is 2.34. The Bertz CT molecular complexity index is 565. The fraction of sp³-hybridized carbons (Fsp3) is 0.200. The van der Waals surface area contributed by atoms with Crippen molar-refractivity contribution in [2.75, 3.05) is 6.54 Å². The van der Waals surface area contributed by atoms with Crippen LogP contribution >= 0.6 is 55.1 Å². The molecule has 0 amide bonds. The maximum atomic E-state index is 6.34. The Morgan fingerprint density at radius 2 is 1.75 bits per heavy atom. The average Bonchev–Trinajstić information content (AvgIpc) is 2.37. The van der Waals surface area contributed by atoms with Gasteiger partial charge in [-0.2, -0.15) is 0 Å². The van der Waals surface area contributed by atoms with Crippen molar-refractivity contribution in [3.63, 3.8) is 0 Å². The Morgan fingerprint density at radius 3 is 2.35 bits per heavy atom.